The molecule has 0 radical (unpaired) electrons. The predicted octanol–water partition coefficient (Wildman–Crippen LogP) is 2.13. The van der Waals surface area contributed by atoms with Crippen LogP contribution in [0.25, 0.3) is 0 Å². The highest BCUT2D eigenvalue weighted by atomic mass is 19.1. The summed E-state index contributed by atoms with van der Waals surface area (Å²) in [4.78, 5) is 24.4. The van der Waals surface area contributed by atoms with Crippen molar-refractivity contribution in [1.29, 1.82) is 0 Å². The Hall–Kier alpha value is -2.53. The number of aliphatic carboxylic acids is 1. The first-order valence-corrected chi connectivity index (χ1v) is 7.42. The lowest BCUT2D eigenvalue weighted by Crippen LogP contribution is -2.59. The molecule has 23 heavy (non-hydrogen) atoms. The van der Waals surface area contributed by atoms with Crippen LogP contribution in [0.5, 0.6) is 0 Å². The lowest BCUT2D eigenvalue weighted by atomic mass is 10.1. The Labute approximate surface area is 134 Å². The Morgan fingerprint density at radius 3 is 2.17 bits per heavy atom. The smallest absolute Gasteiger partial charge is 0.351 e. The lowest BCUT2D eigenvalue weighted by Gasteiger charge is -2.35. The van der Waals surface area contributed by atoms with Crippen molar-refractivity contribution in [3.63, 3.8) is 0 Å². The zero-order valence-corrected chi connectivity index (χ0v) is 12.9. The van der Waals surface area contributed by atoms with E-state index in [4.69, 9.17) is 0 Å². The van der Waals surface area contributed by atoms with Crippen molar-refractivity contribution >= 4 is 17.6 Å². The van der Waals surface area contributed by atoms with E-state index in [0.29, 0.717) is 18.7 Å². The fourth-order valence-corrected chi connectivity index (χ4v) is 2.75. The Morgan fingerprint density at radius 2 is 1.65 bits per heavy atom. The second-order valence-corrected chi connectivity index (χ2v) is 5.37. The minimum Gasteiger partial charge on any atom is -0.544 e. The first kappa shape index (κ1) is 16.8. The van der Waals surface area contributed by atoms with Gasteiger partial charge in [-0.05, 0) is 42.8 Å². The highest BCUT2D eigenvalue weighted by molar-refractivity contribution is 6.04. The summed E-state index contributed by atoms with van der Waals surface area (Å²) >= 11 is 0. The van der Waals surface area contributed by atoms with Gasteiger partial charge in [0.25, 0.3) is 0 Å². The normalized spacial score (nSPS) is 13.3. The molecule has 2 rings (SSSR count). The van der Waals surface area contributed by atoms with Crippen molar-refractivity contribution in [2.45, 2.75) is 13.3 Å². The number of quaternary nitrogens is 1. The molecule has 1 amide bonds. The van der Waals surface area contributed by atoms with Gasteiger partial charge in [-0.3, -0.25) is 0 Å². The molecule has 0 aliphatic carbocycles. The van der Waals surface area contributed by atoms with Crippen LogP contribution in [0, 0.1) is 5.82 Å². The monoisotopic (exact) mass is 315 g/mol. The Morgan fingerprint density at radius 1 is 1.04 bits per heavy atom. The molecule has 2 aromatic carbocycles. The standard InChI is InChI=1S/C18H18FNO3/c1-2-12-20(13-17(21)22,16-6-4-3-5-7-16)18(23)14-8-10-15(19)11-9-14/h3-11H,2,12-13H2,1H3. The summed E-state index contributed by atoms with van der Waals surface area (Å²) in [5.74, 6) is -2.14. The summed E-state index contributed by atoms with van der Waals surface area (Å²) in [6.07, 6.45) is 0.606. The average molecular weight is 315 g/mol. The average Bonchev–Trinajstić information content (AvgIpc) is 2.55. The number of carboxylic acids is 1. The van der Waals surface area contributed by atoms with Gasteiger partial charge in [-0.2, -0.15) is 0 Å². The van der Waals surface area contributed by atoms with Crippen LogP contribution in [0.2, 0.25) is 0 Å². The van der Waals surface area contributed by atoms with Gasteiger partial charge < -0.3 is 9.90 Å². The second kappa shape index (κ2) is 7.15. The first-order chi connectivity index (χ1) is 11.0. The van der Waals surface area contributed by atoms with E-state index in [2.05, 4.69) is 0 Å². The van der Waals surface area contributed by atoms with Crippen molar-refractivity contribution in [1.82, 2.24) is 4.48 Å². The minimum atomic E-state index is -1.31. The third-order valence-electron chi connectivity index (χ3n) is 3.73. The van der Waals surface area contributed by atoms with E-state index in [0.717, 1.165) is 0 Å². The van der Waals surface area contributed by atoms with Crippen molar-refractivity contribution in [2.24, 2.45) is 0 Å². The van der Waals surface area contributed by atoms with E-state index in [1.165, 1.54) is 24.3 Å². The number of benzene rings is 2. The Kier molecular flexibility index (Phi) is 5.24. The quantitative estimate of drug-likeness (QED) is 0.767. The van der Waals surface area contributed by atoms with Crippen LogP contribution in [0.1, 0.15) is 23.7 Å². The maximum absolute atomic E-state index is 13.1. The minimum absolute atomic E-state index is 0.268. The summed E-state index contributed by atoms with van der Waals surface area (Å²) in [5.41, 5.74) is 0.845. The number of carboxylic acid groups (broad SMARTS) is 1. The zero-order chi connectivity index (χ0) is 16.9. The molecule has 0 fully saturated rings. The number of para-hydroxylation sites is 1. The van der Waals surface area contributed by atoms with E-state index >= 15 is 0 Å². The number of hydrogen-bond acceptors (Lipinski definition) is 3. The van der Waals surface area contributed by atoms with E-state index in [-0.39, 0.29) is 16.0 Å². The molecule has 0 bridgehead atoms. The van der Waals surface area contributed by atoms with Crippen LogP contribution in [0.15, 0.2) is 54.6 Å². The summed E-state index contributed by atoms with van der Waals surface area (Å²) in [6, 6.07) is 13.9. The number of carbonyl (C=O) groups excluding carboxylic acids is 2. The molecule has 0 aliphatic heterocycles. The molecule has 0 heterocycles. The summed E-state index contributed by atoms with van der Waals surface area (Å²) < 4.78 is 12.7. The number of carbonyl (C=O) groups is 2. The molecule has 5 heteroatoms. The predicted molar refractivity (Wildman–Crippen MR) is 84.0 cm³/mol. The molecule has 0 saturated carbocycles. The lowest BCUT2D eigenvalue weighted by molar-refractivity contribution is -0.305. The first-order valence-electron chi connectivity index (χ1n) is 7.42. The fraction of sp³-hybridized carbons (Fsp3) is 0.222. The van der Waals surface area contributed by atoms with E-state index in [9.17, 15) is 19.1 Å². The maximum atomic E-state index is 13.1. The van der Waals surface area contributed by atoms with Crippen LogP contribution in [-0.2, 0) is 4.79 Å². The molecule has 1 unspecified atom stereocenters. The van der Waals surface area contributed by atoms with Crippen LogP contribution in [-0.4, -0.2) is 25.0 Å². The third-order valence-corrected chi connectivity index (χ3v) is 3.73. The SMILES string of the molecule is CCC[N+](CC(=O)[O-])(C(=O)c1ccc(F)cc1)c1ccccc1. The van der Waals surface area contributed by atoms with Gasteiger partial charge in [0, 0.05) is 0 Å². The van der Waals surface area contributed by atoms with Crippen LogP contribution < -0.4 is 9.59 Å². The second-order valence-electron chi connectivity index (χ2n) is 5.37. The number of rotatable bonds is 6. The molecule has 120 valence electrons. The highest BCUT2D eigenvalue weighted by Gasteiger charge is 2.39. The molecular formula is C18H18FNO3. The molecular weight excluding hydrogens is 297 g/mol. The fourth-order valence-electron chi connectivity index (χ4n) is 2.75. The van der Waals surface area contributed by atoms with Crippen molar-refractivity contribution < 1.29 is 19.1 Å². The van der Waals surface area contributed by atoms with Gasteiger partial charge >= 0.3 is 5.91 Å². The summed E-state index contributed by atoms with van der Waals surface area (Å²) in [6.45, 7) is 1.73. The molecule has 0 saturated heterocycles. The van der Waals surface area contributed by atoms with E-state index in [1.807, 2.05) is 6.92 Å². The van der Waals surface area contributed by atoms with Crippen molar-refractivity contribution in [2.75, 3.05) is 13.1 Å². The molecule has 0 aromatic heterocycles. The Balaban J connectivity index is 2.57. The van der Waals surface area contributed by atoms with Gasteiger partial charge in [0.15, 0.2) is 0 Å². The molecule has 0 aliphatic rings. The molecule has 1 atom stereocenters. The van der Waals surface area contributed by atoms with Crippen LogP contribution >= 0.6 is 0 Å². The van der Waals surface area contributed by atoms with Gasteiger partial charge in [0.05, 0.1) is 18.1 Å². The maximum Gasteiger partial charge on any atom is 0.351 e. The summed E-state index contributed by atoms with van der Waals surface area (Å²) in [5, 5.41) is 11.3. The van der Waals surface area contributed by atoms with Gasteiger partial charge in [-0.15, -0.1) is 0 Å². The molecule has 0 spiro atoms. The van der Waals surface area contributed by atoms with Crippen LogP contribution in [0.3, 0.4) is 0 Å². The topological polar surface area (TPSA) is 57.2 Å². The largest absolute Gasteiger partial charge is 0.544 e. The highest BCUT2D eigenvalue weighted by Crippen LogP contribution is 2.26. The molecule has 0 N–H and O–H groups in total. The molecule has 4 nitrogen and oxygen atoms in total. The van der Waals surface area contributed by atoms with Crippen LogP contribution in [0.4, 0.5) is 10.1 Å². The van der Waals surface area contributed by atoms with Gasteiger partial charge in [-0.1, -0.05) is 25.1 Å². The summed E-state index contributed by atoms with van der Waals surface area (Å²) in [7, 11) is 0. The van der Waals surface area contributed by atoms with E-state index in [1.54, 1.807) is 30.3 Å². The number of hydrogen-bond donors (Lipinski definition) is 0. The molecule has 2 aromatic rings. The van der Waals surface area contributed by atoms with Gasteiger partial charge in [0.1, 0.15) is 18.0 Å². The number of halogens is 1. The number of nitrogens with zero attached hydrogens (tertiary/aromatic N) is 1. The third kappa shape index (κ3) is 3.63. The zero-order valence-electron chi connectivity index (χ0n) is 12.9. The van der Waals surface area contributed by atoms with Gasteiger partial charge in [0.2, 0.25) is 0 Å². The van der Waals surface area contributed by atoms with Gasteiger partial charge in [-0.25, -0.2) is 13.7 Å². The number of amides is 1. The van der Waals surface area contributed by atoms with Crippen molar-refractivity contribution in [3.8, 4) is 0 Å². The Bertz CT molecular complexity index is 685. The van der Waals surface area contributed by atoms with Crippen molar-refractivity contribution in [3.05, 3.63) is 66.0 Å². The van der Waals surface area contributed by atoms with E-state index < -0.39 is 18.3 Å².